The fourth-order valence-electron chi connectivity index (χ4n) is 4.55. The topological polar surface area (TPSA) is 93.7 Å². The van der Waals surface area contributed by atoms with Gasteiger partial charge in [-0.2, -0.15) is 0 Å². The van der Waals surface area contributed by atoms with Crippen LogP contribution in [0.25, 0.3) is 0 Å². The van der Waals surface area contributed by atoms with Gasteiger partial charge in [-0.25, -0.2) is 0 Å². The molecule has 0 aromatic heterocycles. The van der Waals surface area contributed by atoms with E-state index in [9.17, 15) is 14.4 Å². The maximum absolute atomic E-state index is 13.0. The Kier molecular flexibility index (Phi) is 17.5. The van der Waals surface area contributed by atoms with Gasteiger partial charge in [-0.1, -0.05) is 83.3 Å². The number of carbonyl (C=O) groups is 3. The zero-order chi connectivity index (χ0) is 28.0. The van der Waals surface area contributed by atoms with Gasteiger partial charge in [0.25, 0.3) is 5.91 Å². The first-order valence-electron chi connectivity index (χ1n) is 15.3. The highest BCUT2D eigenvalue weighted by molar-refractivity contribution is 6.00. The largest absolute Gasteiger partial charge is 0.493 e. The van der Waals surface area contributed by atoms with Crippen LogP contribution in [0.5, 0.6) is 5.75 Å². The fourth-order valence-corrected chi connectivity index (χ4v) is 4.55. The molecule has 7 nitrogen and oxygen atoms in total. The van der Waals surface area contributed by atoms with Gasteiger partial charge in [0.15, 0.2) is 0 Å². The second-order valence-electron chi connectivity index (χ2n) is 10.4. The average molecular weight is 543 g/mol. The number of esters is 1. The number of rotatable bonds is 8. The minimum absolute atomic E-state index is 0.0630. The second kappa shape index (κ2) is 21.0. The van der Waals surface area contributed by atoms with Crippen LogP contribution in [0.1, 0.15) is 126 Å². The quantitative estimate of drug-likeness (QED) is 0.202. The third kappa shape index (κ3) is 15.4. The highest BCUT2D eigenvalue weighted by Crippen LogP contribution is 2.24. The molecule has 218 valence electrons. The van der Waals surface area contributed by atoms with Crippen LogP contribution in [0.4, 0.5) is 5.69 Å². The summed E-state index contributed by atoms with van der Waals surface area (Å²) in [6, 6.07) is 5.11. The van der Waals surface area contributed by atoms with E-state index in [4.69, 9.17) is 9.47 Å². The van der Waals surface area contributed by atoms with Gasteiger partial charge in [-0.3, -0.25) is 14.4 Å². The van der Waals surface area contributed by atoms with Crippen molar-refractivity contribution in [3.05, 3.63) is 35.9 Å². The van der Waals surface area contributed by atoms with Gasteiger partial charge in [0.2, 0.25) is 5.91 Å². The molecule has 7 heteroatoms. The van der Waals surface area contributed by atoms with Crippen molar-refractivity contribution in [2.75, 3.05) is 25.1 Å². The van der Waals surface area contributed by atoms with Crippen LogP contribution >= 0.6 is 0 Å². The zero-order valence-electron chi connectivity index (χ0n) is 24.1. The van der Waals surface area contributed by atoms with Crippen LogP contribution in [0.15, 0.2) is 30.4 Å². The van der Waals surface area contributed by atoms with Crippen molar-refractivity contribution in [1.82, 2.24) is 5.32 Å². The number of ether oxygens (including phenoxy) is 2. The molecular formula is C32H50N2O5. The van der Waals surface area contributed by atoms with Crippen LogP contribution in [-0.2, 0) is 14.3 Å². The molecule has 0 saturated carbocycles. The number of anilines is 1. The summed E-state index contributed by atoms with van der Waals surface area (Å²) in [6.45, 7) is 2.81. The molecule has 1 aromatic carbocycles. The number of carbonyl (C=O) groups excluding carboxylic acids is 3. The first-order chi connectivity index (χ1) is 19.1. The molecule has 2 rings (SSSR count). The highest BCUT2D eigenvalue weighted by atomic mass is 16.5. The summed E-state index contributed by atoms with van der Waals surface area (Å²) < 4.78 is 11.2. The van der Waals surface area contributed by atoms with E-state index in [1.54, 1.807) is 18.2 Å². The van der Waals surface area contributed by atoms with Crippen LogP contribution < -0.4 is 15.4 Å². The molecule has 0 saturated heterocycles. The number of benzene rings is 1. The Morgan fingerprint density at radius 3 is 2.31 bits per heavy atom. The number of allylic oxidation sites excluding steroid dienone is 2. The maximum Gasteiger partial charge on any atom is 0.325 e. The molecule has 2 N–H and O–H groups in total. The summed E-state index contributed by atoms with van der Waals surface area (Å²) in [5, 5.41) is 5.56. The Morgan fingerprint density at radius 2 is 1.51 bits per heavy atom. The lowest BCUT2D eigenvalue weighted by Crippen LogP contribution is -2.31. The summed E-state index contributed by atoms with van der Waals surface area (Å²) in [5.41, 5.74) is 0.841. The van der Waals surface area contributed by atoms with E-state index >= 15 is 0 Å². The Bertz CT molecular complexity index is 883. The average Bonchev–Trinajstić information content (AvgIpc) is 2.93. The lowest BCUT2D eigenvalue weighted by Gasteiger charge is -2.14. The molecule has 0 aliphatic carbocycles. The number of nitrogens with one attached hydrogen (secondary N) is 2. The number of cyclic esters (lactones) is 1. The van der Waals surface area contributed by atoms with Gasteiger partial charge in [0.05, 0.1) is 18.8 Å². The molecule has 2 bridgehead atoms. The molecule has 1 heterocycles. The first-order valence-corrected chi connectivity index (χ1v) is 15.3. The lowest BCUT2D eigenvalue weighted by atomic mass is 10.1. The van der Waals surface area contributed by atoms with Crippen LogP contribution in [0.3, 0.4) is 0 Å². The Balaban J connectivity index is 2.00. The van der Waals surface area contributed by atoms with Crippen molar-refractivity contribution in [2.45, 2.75) is 116 Å². The molecule has 0 spiro atoms. The summed E-state index contributed by atoms with van der Waals surface area (Å²) in [4.78, 5) is 37.7. The molecule has 1 aliphatic rings. The van der Waals surface area contributed by atoms with Gasteiger partial charge < -0.3 is 20.1 Å². The van der Waals surface area contributed by atoms with Gasteiger partial charge in [0, 0.05) is 12.1 Å². The van der Waals surface area contributed by atoms with Gasteiger partial charge in [-0.05, 0) is 56.7 Å². The van der Waals surface area contributed by atoms with Crippen molar-refractivity contribution < 1.29 is 23.9 Å². The molecular weight excluding hydrogens is 492 g/mol. The molecule has 1 aromatic rings. The predicted molar refractivity (Wildman–Crippen MR) is 157 cm³/mol. The fraction of sp³-hybridized carbons (Fsp3) is 0.656. The predicted octanol–water partition coefficient (Wildman–Crippen LogP) is 7.50. The third-order valence-electron chi connectivity index (χ3n) is 6.88. The Labute approximate surface area is 235 Å². The SMILES string of the molecule is CCCCCCCCOc1ccc2cc1C(=O)NCC(=O)OCCC/C=C/CCCCCCCCCC(=O)N2. The van der Waals surface area contributed by atoms with Crippen molar-refractivity contribution >= 4 is 23.5 Å². The number of hydrogen-bond donors (Lipinski definition) is 2. The zero-order valence-corrected chi connectivity index (χ0v) is 24.1. The Morgan fingerprint density at radius 1 is 0.821 bits per heavy atom. The van der Waals surface area contributed by atoms with Crippen molar-refractivity contribution in [1.29, 1.82) is 0 Å². The summed E-state index contributed by atoms with van der Waals surface area (Å²) in [7, 11) is 0. The van der Waals surface area contributed by atoms with Crippen LogP contribution in [0.2, 0.25) is 0 Å². The van der Waals surface area contributed by atoms with E-state index in [1.807, 2.05) is 0 Å². The number of hydrogen-bond acceptors (Lipinski definition) is 5. The minimum Gasteiger partial charge on any atom is -0.493 e. The summed E-state index contributed by atoms with van der Waals surface area (Å²) in [5.74, 6) is -0.522. The van der Waals surface area contributed by atoms with E-state index < -0.39 is 11.9 Å². The number of amides is 2. The molecule has 0 radical (unpaired) electrons. The van der Waals surface area contributed by atoms with E-state index in [2.05, 4.69) is 29.7 Å². The Hall–Kier alpha value is -2.83. The van der Waals surface area contributed by atoms with E-state index in [1.165, 1.54) is 51.4 Å². The minimum atomic E-state index is -0.471. The normalized spacial score (nSPS) is 18.2. The van der Waals surface area contributed by atoms with Gasteiger partial charge in [0.1, 0.15) is 12.3 Å². The first kappa shape index (κ1) is 32.4. The molecule has 0 fully saturated rings. The van der Waals surface area contributed by atoms with E-state index in [0.717, 1.165) is 51.4 Å². The van der Waals surface area contributed by atoms with Crippen molar-refractivity contribution in [3.8, 4) is 5.75 Å². The second-order valence-corrected chi connectivity index (χ2v) is 10.4. The van der Waals surface area contributed by atoms with Crippen LogP contribution in [0, 0.1) is 0 Å². The third-order valence-corrected chi connectivity index (χ3v) is 6.88. The molecule has 39 heavy (non-hydrogen) atoms. The van der Waals surface area contributed by atoms with E-state index in [0.29, 0.717) is 36.6 Å². The van der Waals surface area contributed by atoms with Gasteiger partial charge in [-0.15, -0.1) is 0 Å². The molecule has 2 amide bonds. The smallest absolute Gasteiger partial charge is 0.325 e. The van der Waals surface area contributed by atoms with E-state index in [-0.39, 0.29) is 12.5 Å². The lowest BCUT2D eigenvalue weighted by molar-refractivity contribution is -0.142. The summed E-state index contributed by atoms with van der Waals surface area (Å²) in [6.07, 6.45) is 22.3. The maximum atomic E-state index is 13.0. The molecule has 0 atom stereocenters. The molecule has 0 unspecified atom stereocenters. The molecule has 1 aliphatic heterocycles. The van der Waals surface area contributed by atoms with Gasteiger partial charge >= 0.3 is 5.97 Å². The summed E-state index contributed by atoms with van der Waals surface area (Å²) >= 11 is 0. The monoisotopic (exact) mass is 542 g/mol. The van der Waals surface area contributed by atoms with Crippen LogP contribution in [-0.4, -0.2) is 37.5 Å². The number of fused-ring (bicyclic) bond motifs is 2. The number of unbranched alkanes of at least 4 members (excludes halogenated alkanes) is 5. The highest BCUT2D eigenvalue weighted by Gasteiger charge is 2.16. The van der Waals surface area contributed by atoms with Crippen molar-refractivity contribution in [3.63, 3.8) is 0 Å². The van der Waals surface area contributed by atoms with Crippen molar-refractivity contribution in [2.24, 2.45) is 0 Å². The standard InChI is InChI=1S/C32H50N2O5/c1-2-3-4-5-15-18-23-38-29-22-21-27-25-28(29)32(37)33-26-31(36)39-24-19-16-13-11-9-7-6-8-10-12-14-17-20-30(35)34-27/h11,13,21-22,25H,2-10,12,14-20,23-24,26H2,1H3,(H,33,37)(H,34,35)/b13-11+.